The summed E-state index contributed by atoms with van der Waals surface area (Å²) in [6.45, 7) is 7.78. The van der Waals surface area contributed by atoms with Crippen LogP contribution in [0.15, 0.2) is 29.3 Å². The van der Waals surface area contributed by atoms with Crippen LogP contribution in [0.3, 0.4) is 0 Å². The summed E-state index contributed by atoms with van der Waals surface area (Å²) in [5.41, 5.74) is 1.29. The lowest BCUT2D eigenvalue weighted by molar-refractivity contribution is -0.122. The van der Waals surface area contributed by atoms with Gasteiger partial charge in [-0.3, -0.25) is 14.7 Å². The number of methoxy groups -OCH3 is 1. The molecular formula is C21H32ClN5O2. The Morgan fingerprint density at radius 1 is 1.31 bits per heavy atom. The van der Waals surface area contributed by atoms with Gasteiger partial charge in [0, 0.05) is 63.4 Å². The number of rotatable bonds is 8. The van der Waals surface area contributed by atoms with Crippen LogP contribution in [0.1, 0.15) is 24.8 Å². The molecule has 7 nitrogen and oxygen atoms in total. The molecule has 1 amide bonds. The summed E-state index contributed by atoms with van der Waals surface area (Å²) in [6.07, 6.45) is 1.10. The highest BCUT2D eigenvalue weighted by atomic mass is 35.5. The number of nitrogens with zero attached hydrogens (tertiary/aromatic N) is 3. The molecule has 29 heavy (non-hydrogen) atoms. The van der Waals surface area contributed by atoms with Crippen molar-refractivity contribution in [3.8, 4) is 0 Å². The highest BCUT2D eigenvalue weighted by Crippen LogP contribution is 2.41. The van der Waals surface area contributed by atoms with Gasteiger partial charge in [-0.2, -0.15) is 0 Å². The molecule has 1 saturated heterocycles. The molecule has 2 atom stereocenters. The van der Waals surface area contributed by atoms with Crippen molar-refractivity contribution in [3.05, 3.63) is 34.9 Å². The van der Waals surface area contributed by atoms with Gasteiger partial charge in [-0.1, -0.05) is 23.7 Å². The topological polar surface area (TPSA) is 69.2 Å². The molecule has 1 saturated carbocycles. The molecule has 3 rings (SSSR count). The predicted octanol–water partition coefficient (Wildman–Crippen LogP) is 1.54. The number of amides is 1. The maximum atomic E-state index is 12.0. The number of carbonyl (C=O) groups is 1. The second-order valence-electron chi connectivity index (χ2n) is 7.55. The first-order valence-electron chi connectivity index (χ1n) is 10.4. The lowest BCUT2D eigenvalue weighted by atomic mass is 10.1. The van der Waals surface area contributed by atoms with Gasteiger partial charge in [-0.15, -0.1) is 0 Å². The standard InChI is InChI=1S/C21H32ClN5O2/c1-3-23-21(25-19-14-18(19)16-5-4-6-17(22)13-16)27-10-8-26(9-11-27)15-20(28)24-7-12-29-2/h4-6,13,18-19H,3,7-12,14-15H2,1-2H3,(H,23,25)(H,24,28). The van der Waals surface area contributed by atoms with Gasteiger partial charge >= 0.3 is 0 Å². The summed E-state index contributed by atoms with van der Waals surface area (Å²) >= 11 is 6.13. The third-order valence-corrected chi connectivity index (χ3v) is 5.59. The number of guanidine groups is 1. The van der Waals surface area contributed by atoms with Crippen molar-refractivity contribution in [2.75, 3.05) is 59.5 Å². The molecule has 1 aromatic carbocycles. The van der Waals surface area contributed by atoms with E-state index in [1.165, 1.54) is 5.56 Å². The number of aliphatic imine (C=N–C) groups is 1. The van der Waals surface area contributed by atoms with E-state index in [1.54, 1.807) is 7.11 Å². The molecule has 0 radical (unpaired) electrons. The number of carbonyl (C=O) groups excluding carboxylic acids is 1. The van der Waals surface area contributed by atoms with Gasteiger partial charge in [0.05, 0.1) is 13.2 Å². The van der Waals surface area contributed by atoms with Gasteiger partial charge in [0.25, 0.3) is 0 Å². The minimum atomic E-state index is 0.0541. The average molecular weight is 422 g/mol. The molecule has 160 valence electrons. The maximum absolute atomic E-state index is 12.0. The first kappa shape index (κ1) is 21.9. The van der Waals surface area contributed by atoms with Crippen molar-refractivity contribution in [1.29, 1.82) is 0 Å². The van der Waals surface area contributed by atoms with Crippen LogP contribution >= 0.6 is 11.6 Å². The SMILES string of the molecule is CCN=C(NC1CC1c1cccc(Cl)c1)N1CCN(CC(=O)NCCOC)CC1. The summed E-state index contributed by atoms with van der Waals surface area (Å²) in [5, 5.41) is 7.31. The van der Waals surface area contributed by atoms with Gasteiger partial charge in [0.15, 0.2) is 5.96 Å². The molecule has 0 bridgehead atoms. The molecule has 0 spiro atoms. The molecule has 1 aliphatic heterocycles. The maximum Gasteiger partial charge on any atom is 0.234 e. The van der Waals surface area contributed by atoms with Crippen molar-refractivity contribution in [3.63, 3.8) is 0 Å². The van der Waals surface area contributed by atoms with E-state index >= 15 is 0 Å². The monoisotopic (exact) mass is 421 g/mol. The Labute approximate surface area is 178 Å². The van der Waals surface area contributed by atoms with Crippen molar-refractivity contribution in [2.24, 2.45) is 4.99 Å². The van der Waals surface area contributed by atoms with Gasteiger partial charge in [0.1, 0.15) is 0 Å². The molecule has 8 heteroatoms. The Morgan fingerprint density at radius 3 is 2.79 bits per heavy atom. The van der Waals surface area contributed by atoms with E-state index in [4.69, 9.17) is 21.3 Å². The fourth-order valence-electron chi connectivity index (χ4n) is 3.68. The number of hydrogen-bond donors (Lipinski definition) is 2. The highest BCUT2D eigenvalue weighted by Gasteiger charge is 2.40. The van der Waals surface area contributed by atoms with Crippen LogP contribution in [0.25, 0.3) is 0 Å². The quantitative estimate of drug-likeness (QED) is 0.378. The lowest BCUT2D eigenvalue weighted by Crippen LogP contribution is -2.54. The molecule has 1 aromatic rings. The predicted molar refractivity (Wildman–Crippen MR) is 117 cm³/mol. The molecule has 0 aromatic heterocycles. The first-order chi connectivity index (χ1) is 14.1. The van der Waals surface area contributed by atoms with Crippen molar-refractivity contribution in [2.45, 2.75) is 25.3 Å². The molecule has 1 aliphatic carbocycles. The number of benzene rings is 1. The second-order valence-corrected chi connectivity index (χ2v) is 7.99. The number of piperazine rings is 1. The lowest BCUT2D eigenvalue weighted by Gasteiger charge is -2.36. The number of halogens is 1. The van der Waals surface area contributed by atoms with E-state index in [-0.39, 0.29) is 5.91 Å². The molecule has 2 fully saturated rings. The Kier molecular flexibility index (Phi) is 8.15. The third kappa shape index (κ3) is 6.59. The van der Waals surface area contributed by atoms with Crippen molar-refractivity contribution < 1.29 is 9.53 Å². The summed E-state index contributed by atoms with van der Waals surface area (Å²) in [7, 11) is 1.63. The van der Waals surface area contributed by atoms with Crippen LogP contribution in [0.2, 0.25) is 5.02 Å². The molecule has 2 aliphatic rings. The zero-order valence-corrected chi connectivity index (χ0v) is 18.1. The van der Waals surface area contributed by atoms with Gasteiger partial charge in [-0.05, 0) is 31.0 Å². The Balaban J connectivity index is 1.45. The van der Waals surface area contributed by atoms with Crippen LogP contribution < -0.4 is 10.6 Å². The zero-order valence-electron chi connectivity index (χ0n) is 17.4. The molecule has 1 heterocycles. The van der Waals surface area contributed by atoms with Crippen LogP contribution in [0.4, 0.5) is 0 Å². The number of ether oxygens (including phenoxy) is 1. The fourth-order valence-corrected chi connectivity index (χ4v) is 3.88. The normalized spacial score (nSPS) is 22.4. The van der Waals surface area contributed by atoms with Crippen molar-refractivity contribution in [1.82, 2.24) is 20.4 Å². The number of hydrogen-bond acceptors (Lipinski definition) is 4. The van der Waals surface area contributed by atoms with Gasteiger partial charge in [-0.25, -0.2) is 0 Å². The average Bonchev–Trinajstić information content (AvgIpc) is 3.48. The van der Waals surface area contributed by atoms with Crippen LogP contribution in [0, 0.1) is 0 Å². The van der Waals surface area contributed by atoms with Gasteiger partial charge < -0.3 is 20.3 Å². The second kappa shape index (κ2) is 10.8. The smallest absolute Gasteiger partial charge is 0.234 e. The Hall–Kier alpha value is -1.83. The summed E-state index contributed by atoms with van der Waals surface area (Å²) in [5.74, 6) is 1.53. The Morgan fingerprint density at radius 2 is 2.10 bits per heavy atom. The largest absolute Gasteiger partial charge is 0.383 e. The molecule has 2 N–H and O–H groups in total. The third-order valence-electron chi connectivity index (χ3n) is 5.36. The van der Waals surface area contributed by atoms with Crippen molar-refractivity contribution >= 4 is 23.5 Å². The minimum Gasteiger partial charge on any atom is -0.383 e. The molecule has 2 unspecified atom stereocenters. The van der Waals surface area contributed by atoms with E-state index in [1.807, 2.05) is 12.1 Å². The minimum absolute atomic E-state index is 0.0541. The van der Waals surface area contributed by atoms with E-state index in [9.17, 15) is 4.79 Å². The van der Waals surface area contributed by atoms with E-state index in [2.05, 4.69) is 39.5 Å². The summed E-state index contributed by atoms with van der Waals surface area (Å²) in [6, 6.07) is 8.53. The van der Waals surface area contributed by atoms with E-state index < -0.39 is 0 Å². The van der Waals surface area contributed by atoms with Gasteiger partial charge in [0.2, 0.25) is 5.91 Å². The number of nitrogens with one attached hydrogen (secondary N) is 2. The fraction of sp³-hybridized carbons (Fsp3) is 0.619. The first-order valence-corrected chi connectivity index (χ1v) is 10.8. The van der Waals surface area contributed by atoms with E-state index in [0.29, 0.717) is 31.7 Å². The van der Waals surface area contributed by atoms with E-state index in [0.717, 1.165) is 50.1 Å². The summed E-state index contributed by atoms with van der Waals surface area (Å²) < 4.78 is 4.96. The highest BCUT2D eigenvalue weighted by molar-refractivity contribution is 6.30. The Bertz CT molecular complexity index is 706. The molecular weight excluding hydrogens is 390 g/mol. The van der Waals surface area contributed by atoms with Crippen LogP contribution in [-0.4, -0.2) is 87.2 Å². The van der Waals surface area contributed by atoms with Crippen LogP contribution in [0.5, 0.6) is 0 Å². The zero-order chi connectivity index (χ0) is 20.6. The summed E-state index contributed by atoms with van der Waals surface area (Å²) in [4.78, 5) is 21.2. The van der Waals surface area contributed by atoms with Crippen LogP contribution in [-0.2, 0) is 9.53 Å².